The summed E-state index contributed by atoms with van der Waals surface area (Å²) in [5.41, 5.74) is 0. The monoisotopic (exact) mass is 189 g/mol. The summed E-state index contributed by atoms with van der Waals surface area (Å²) in [6.45, 7) is 0. The molecule has 3 aliphatic rings. The van der Waals surface area contributed by atoms with Gasteiger partial charge in [0.1, 0.15) is 0 Å². The van der Waals surface area contributed by atoms with E-state index in [1.807, 2.05) is 0 Å². The van der Waals surface area contributed by atoms with E-state index < -0.39 is 0 Å². The maximum atomic E-state index is 5.42. The van der Waals surface area contributed by atoms with Crippen LogP contribution in [0.25, 0.3) is 0 Å². The molecular weight excluding hydrogens is 170 g/mol. The van der Waals surface area contributed by atoms with Crippen molar-refractivity contribution in [1.29, 1.82) is 0 Å². The Hall–Kier alpha value is -0.480. The smallest absolute Gasteiger partial charge is 0.0243 e. The predicted octanol–water partition coefficient (Wildman–Crippen LogP) is 1.89. The Kier molecular flexibility index (Phi) is 1.89. The highest BCUT2D eigenvalue weighted by Crippen LogP contribution is 2.70. The van der Waals surface area contributed by atoms with Crippen molar-refractivity contribution in [2.45, 2.75) is 31.7 Å². The molecule has 0 aromatic heterocycles. The van der Waals surface area contributed by atoms with Crippen LogP contribution in [-0.4, -0.2) is 13.1 Å². The van der Waals surface area contributed by atoms with E-state index in [9.17, 15) is 0 Å². The van der Waals surface area contributed by atoms with Crippen LogP contribution in [0.3, 0.4) is 0 Å². The SMILES string of the molecule is C#CCC(NC)C1C2C3CCC(C3)C21. The lowest BCUT2D eigenvalue weighted by atomic mass is 9.96. The molecule has 5 atom stereocenters. The molecule has 76 valence electrons. The van der Waals surface area contributed by atoms with Crippen LogP contribution in [0.1, 0.15) is 25.7 Å². The van der Waals surface area contributed by atoms with Crippen LogP contribution >= 0.6 is 0 Å². The Morgan fingerprint density at radius 2 is 2.00 bits per heavy atom. The van der Waals surface area contributed by atoms with Crippen LogP contribution in [0.5, 0.6) is 0 Å². The third-order valence-corrected chi connectivity index (χ3v) is 4.97. The molecule has 1 nitrogen and oxygen atoms in total. The molecule has 0 radical (unpaired) electrons. The van der Waals surface area contributed by atoms with Gasteiger partial charge in [-0.3, -0.25) is 0 Å². The summed E-state index contributed by atoms with van der Waals surface area (Å²) in [5.74, 6) is 8.01. The highest BCUT2D eigenvalue weighted by Gasteiger charge is 2.66. The molecule has 0 spiro atoms. The van der Waals surface area contributed by atoms with Gasteiger partial charge in [0.25, 0.3) is 0 Å². The van der Waals surface area contributed by atoms with E-state index in [2.05, 4.69) is 18.3 Å². The summed E-state index contributed by atoms with van der Waals surface area (Å²) in [6, 6.07) is 0.610. The molecule has 1 N–H and O–H groups in total. The molecule has 3 aliphatic carbocycles. The second kappa shape index (κ2) is 3.00. The van der Waals surface area contributed by atoms with Crippen LogP contribution in [-0.2, 0) is 0 Å². The maximum Gasteiger partial charge on any atom is 0.0243 e. The minimum Gasteiger partial charge on any atom is -0.316 e. The van der Waals surface area contributed by atoms with Crippen molar-refractivity contribution in [2.75, 3.05) is 7.05 Å². The molecule has 2 bridgehead atoms. The highest BCUT2D eigenvalue weighted by molar-refractivity contribution is 5.16. The number of fused-ring (bicyclic) bond motifs is 5. The predicted molar refractivity (Wildman–Crippen MR) is 57.6 cm³/mol. The fraction of sp³-hybridized carbons (Fsp3) is 0.846. The maximum absolute atomic E-state index is 5.42. The van der Waals surface area contributed by atoms with E-state index in [-0.39, 0.29) is 0 Å². The Morgan fingerprint density at radius 3 is 2.50 bits per heavy atom. The van der Waals surface area contributed by atoms with Gasteiger partial charge in [-0.2, -0.15) is 0 Å². The van der Waals surface area contributed by atoms with Gasteiger partial charge in [-0.25, -0.2) is 0 Å². The number of nitrogens with one attached hydrogen (secondary N) is 1. The molecule has 1 heteroatoms. The number of hydrogen-bond donors (Lipinski definition) is 1. The Bertz CT molecular complexity index is 261. The Balaban J connectivity index is 1.70. The van der Waals surface area contributed by atoms with E-state index in [0.29, 0.717) is 6.04 Å². The van der Waals surface area contributed by atoms with Crippen molar-refractivity contribution in [3.63, 3.8) is 0 Å². The lowest BCUT2D eigenvalue weighted by Gasteiger charge is -2.17. The van der Waals surface area contributed by atoms with Gasteiger partial charge in [0.2, 0.25) is 0 Å². The third-order valence-electron chi connectivity index (χ3n) is 4.97. The molecule has 3 fully saturated rings. The van der Waals surface area contributed by atoms with Crippen molar-refractivity contribution in [3.05, 3.63) is 0 Å². The molecule has 0 aliphatic heterocycles. The van der Waals surface area contributed by atoms with E-state index in [4.69, 9.17) is 6.42 Å². The normalized spacial score (nSPS) is 49.9. The van der Waals surface area contributed by atoms with Gasteiger partial charge in [-0.15, -0.1) is 12.3 Å². The number of terminal acetylenes is 1. The van der Waals surface area contributed by atoms with E-state index in [0.717, 1.165) is 36.0 Å². The van der Waals surface area contributed by atoms with Gasteiger partial charge in [0.05, 0.1) is 0 Å². The van der Waals surface area contributed by atoms with Crippen molar-refractivity contribution in [3.8, 4) is 12.3 Å². The molecule has 5 unspecified atom stereocenters. The summed E-state index contributed by atoms with van der Waals surface area (Å²) < 4.78 is 0. The molecule has 3 saturated carbocycles. The average Bonchev–Trinajstić information content (AvgIpc) is 2.65. The first-order valence-corrected chi connectivity index (χ1v) is 5.97. The minimum atomic E-state index is 0.610. The Morgan fingerprint density at radius 1 is 1.36 bits per heavy atom. The quantitative estimate of drug-likeness (QED) is 0.669. The van der Waals surface area contributed by atoms with Gasteiger partial charge in [-0.05, 0) is 55.9 Å². The van der Waals surface area contributed by atoms with Crippen molar-refractivity contribution in [2.24, 2.45) is 29.6 Å². The standard InChI is InChI=1S/C13H19N/c1-3-4-10(14-2)13-11-8-5-6-9(7-8)12(11)13/h1,8-14H,4-7H2,2H3. The van der Waals surface area contributed by atoms with Crippen LogP contribution in [0.4, 0.5) is 0 Å². The van der Waals surface area contributed by atoms with Crippen LogP contribution in [0.15, 0.2) is 0 Å². The van der Waals surface area contributed by atoms with Gasteiger partial charge in [-0.1, -0.05) is 0 Å². The summed E-state index contributed by atoms with van der Waals surface area (Å²) in [7, 11) is 2.07. The molecule has 0 aromatic carbocycles. The van der Waals surface area contributed by atoms with Gasteiger partial charge < -0.3 is 5.32 Å². The first-order valence-electron chi connectivity index (χ1n) is 5.97. The van der Waals surface area contributed by atoms with Gasteiger partial charge >= 0.3 is 0 Å². The minimum absolute atomic E-state index is 0.610. The van der Waals surface area contributed by atoms with Crippen LogP contribution < -0.4 is 5.32 Å². The second-order valence-electron chi connectivity index (χ2n) is 5.37. The molecule has 0 amide bonds. The average molecular weight is 189 g/mol. The zero-order valence-corrected chi connectivity index (χ0v) is 8.87. The lowest BCUT2D eigenvalue weighted by molar-refractivity contribution is 0.382. The molecule has 0 heterocycles. The third kappa shape index (κ3) is 1.01. The molecule has 14 heavy (non-hydrogen) atoms. The zero-order valence-electron chi connectivity index (χ0n) is 8.87. The first kappa shape index (κ1) is 8.80. The number of hydrogen-bond acceptors (Lipinski definition) is 1. The Labute approximate surface area is 86.7 Å². The van der Waals surface area contributed by atoms with Crippen LogP contribution in [0, 0.1) is 41.9 Å². The van der Waals surface area contributed by atoms with E-state index in [1.165, 1.54) is 12.8 Å². The van der Waals surface area contributed by atoms with E-state index >= 15 is 0 Å². The lowest BCUT2D eigenvalue weighted by Crippen LogP contribution is -2.29. The molecule has 0 saturated heterocycles. The fourth-order valence-corrected chi connectivity index (χ4v) is 4.49. The summed E-state index contributed by atoms with van der Waals surface area (Å²) >= 11 is 0. The molecule has 3 rings (SSSR count). The largest absolute Gasteiger partial charge is 0.316 e. The van der Waals surface area contributed by atoms with Crippen molar-refractivity contribution in [1.82, 2.24) is 5.32 Å². The topological polar surface area (TPSA) is 12.0 Å². The van der Waals surface area contributed by atoms with Gasteiger partial charge in [0.15, 0.2) is 0 Å². The highest BCUT2D eigenvalue weighted by atomic mass is 14.9. The van der Waals surface area contributed by atoms with Gasteiger partial charge in [0, 0.05) is 12.5 Å². The first-order chi connectivity index (χ1) is 6.86. The molecular formula is C13H19N. The van der Waals surface area contributed by atoms with Crippen molar-refractivity contribution >= 4 is 0 Å². The second-order valence-corrected chi connectivity index (χ2v) is 5.37. The van der Waals surface area contributed by atoms with Crippen LogP contribution in [0.2, 0.25) is 0 Å². The summed E-state index contributed by atoms with van der Waals surface area (Å²) in [4.78, 5) is 0. The molecule has 0 aromatic rings. The zero-order chi connectivity index (χ0) is 9.71. The summed E-state index contributed by atoms with van der Waals surface area (Å²) in [6.07, 6.45) is 10.9. The summed E-state index contributed by atoms with van der Waals surface area (Å²) in [5, 5.41) is 3.42. The van der Waals surface area contributed by atoms with E-state index in [1.54, 1.807) is 6.42 Å². The fourth-order valence-electron chi connectivity index (χ4n) is 4.49. The number of rotatable bonds is 3. The van der Waals surface area contributed by atoms with Crippen molar-refractivity contribution < 1.29 is 0 Å².